The minimum atomic E-state index is -3.77. The molecule has 5 rings (SSSR count). The third-order valence-corrected chi connectivity index (χ3v) is 8.62. The molecule has 2 saturated heterocycles. The summed E-state index contributed by atoms with van der Waals surface area (Å²) >= 11 is 0. The highest BCUT2D eigenvalue weighted by Crippen LogP contribution is 2.41. The van der Waals surface area contributed by atoms with Crippen LogP contribution in [0.25, 0.3) is 0 Å². The van der Waals surface area contributed by atoms with Crippen LogP contribution in [0.3, 0.4) is 0 Å². The monoisotopic (exact) mass is 470 g/mol. The Hall–Kier alpha value is -2.62. The van der Waals surface area contributed by atoms with Gasteiger partial charge in [-0.3, -0.25) is 4.79 Å². The van der Waals surface area contributed by atoms with Gasteiger partial charge in [-0.15, -0.1) is 0 Å². The Morgan fingerprint density at radius 2 is 1.58 bits per heavy atom. The number of para-hydroxylation sites is 2. The van der Waals surface area contributed by atoms with Crippen LogP contribution in [0.15, 0.2) is 41.3 Å². The van der Waals surface area contributed by atoms with Gasteiger partial charge in [0.25, 0.3) is 5.91 Å². The van der Waals surface area contributed by atoms with E-state index in [1.54, 1.807) is 22.5 Å². The van der Waals surface area contributed by atoms with Crippen molar-refractivity contribution in [1.82, 2.24) is 9.21 Å². The van der Waals surface area contributed by atoms with Gasteiger partial charge in [-0.1, -0.05) is 25.0 Å². The Balaban J connectivity index is 1.63. The quantitative estimate of drug-likeness (QED) is 0.741. The molecule has 176 valence electrons. The lowest BCUT2D eigenvalue weighted by atomic mass is 10.1. The first-order chi connectivity index (χ1) is 15.9. The lowest BCUT2D eigenvalue weighted by Crippen LogP contribution is -2.45. The minimum Gasteiger partial charge on any atom is -0.454 e. The Kier molecular flexibility index (Phi) is 6.03. The predicted octanol–water partition coefficient (Wildman–Crippen LogP) is 3.36. The smallest absolute Gasteiger partial charge is 0.259 e. The number of sulfonamides is 1. The largest absolute Gasteiger partial charge is 0.454 e. The van der Waals surface area contributed by atoms with Crippen molar-refractivity contribution in [2.75, 3.05) is 56.5 Å². The van der Waals surface area contributed by atoms with Gasteiger partial charge in [0, 0.05) is 45.3 Å². The molecular weight excluding hydrogens is 440 g/mol. The van der Waals surface area contributed by atoms with Gasteiger partial charge in [0.2, 0.25) is 10.0 Å². The number of hydrogen-bond donors (Lipinski definition) is 1. The molecule has 3 heterocycles. The summed E-state index contributed by atoms with van der Waals surface area (Å²) in [6.07, 6.45) is 3.78. The molecule has 3 aliphatic rings. The van der Waals surface area contributed by atoms with E-state index in [2.05, 4.69) is 22.2 Å². The molecule has 0 unspecified atom stereocenters. The SMILES string of the molecule is CN1CCN(c2cc3c(cc2S(=O)(=O)N2CCCCCC2)C(=O)Nc2ccccc2O3)CC1. The number of anilines is 2. The molecule has 8 nitrogen and oxygen atoms in total. The highest BCUT2D eigenvalue weighted by molar-refractivity contribution is 7.89. The van der Waals surface area contributed by atoms with Crippen molar-refractivity contribution in [1.29, 1.82) is 0 Å². The average molecular weight is 471 g/mol. The van der Waals surface area contributed by atoms with Crippen LogP contribution in [0.2, 0.25) is 0 Å². The maximum Gasteiger partial charge on any atom is 0.259 e. The fraction of sp³-hybridized carbons (Fsp3) is 0.458. The maximum absolute atomic E-state index is 13.9. The van der Waals surface area contributed by atoms with Crippen molar-refractivity contribution in [3.8, 4) is 11.5 Å². The van der Waals surface area contributed by atoms with Crippen molar-refractivity contribution >= 4 is 27.3 Å². The Labute approximate surface area is 195 Å². The fourth-order valence-electron chi connectivity index (χ4n) is 4.70. The molecule has 0 atom stereocenters. The van der Waals surface area contributed by atoms with Gasteiger partial charge in [0.05, 0.1) is 16.9 Å². The molecule has 0 saturated carbocycles. The number of hydrogen-bond acceptors (Lipinski definition) is 6. The summed E-state index contributed by atoms with van der Waals surface area (Å²) in [5.41, 5.74) is 1.41. The Bertz CT molecular complexity index is 1150. The molecule has 0 spiro atoms. The first kappa shape index (κ1) is 22.2. The highest BCUT2D eigenvalue weighted by Gasteiger charge is 2.33. The summed E-state index contributed by atoms with van der Waals surface area (Å²) in [6, 6.07) is 10.5. The molecular formula is C24H30N4O4S. The van der Waals surface area contributed by atoms with Gasteiger partial charge in [0.15, 0.2) is 5.75 Å². The predicted molar refractivity (Wildman–Crippen MR) is 128 cm³/mol. The molecule has 2 fully saturated rings. The van der Waals surface area contributed by atoms with E-state index in [9.17, 15) is 13.2 Å². The number of amides is 1. The zero-order valence-corrected chi connectivity index (χ0v) is 19.7. The summed E-state index contributed by atoms with van der Waals surface area (Å²) in [4.78, 5) is 17.6. The van der Waals surface area contributed by atoms with E-state index in [4.69, 9.17) is 4.74 Å². The molecule has 0 bridgehead atoms. The average Bonchev–Trinajstić information content (AvgIpc) is 3.17. The van der Waals surface area contributed by atoms with Gasteiger partial charge >= 0.3 is 0 Å². The summed E-state index contributed by atoms with van der Waals surface area (Å²) in [5, 5.41) is 2.86. The van der Waals surface area contributed by atoms with Crippen LogP contribution in [0.5, 0.6) is 11.5 Å². The van der Waals surface area contributed by atoms with Crippen LogP contribution in [0.1, 0.15) is 36.0 Å². The molecule has 2 aromatic rings. The van der Waals surface area contributed by atoms with Crippen LogP contribution in [-0.4, -0.2) is 69.8 Å². The van der Waals surface area contributed by atoms with E-state index in [-0.39, 0.29) is 16.4 Å². The van der Waals surface area contributed by atoms with Crippen LogP contribution in [0.4, 0.5) is 11.4 Å². The van der Waals surface area contributed by atoms with Gasteiger partial charge < -0.3 is 19.9 Å². The van der Waals surface area contributed by atoms with Crippen molar-refractivity contribution in [3.63, 3.8) is 0 Å². The van der Waals surface area contributed by atoms with Gasteiger partial charge in [-0.2, -0.15) is 4.31 Å². The number of nitrogens with one attached hydrogen (secondary N) is 1. The van der Waals surface area contributed by atoms with E-state index in [1.165, 1.54) is 6.07 Å². The second kappa shape index (κ2) is 8.96. The lowest BCUT2D eigenvalue weighted by molar-refractivity contribution is 0.102. The second-order valence-corrected chi connectivity index (χ2v) is 10.9. The summed E-state index contributed by atoms with van der Waals surface area (Å²) in [7, 11) is -1.71. The number of carbonyl (C=O) groups excluding carboxylic acids is 1. The van der Waals surface area contributed by atoms with E-state index < -0.39 is 10.0 Å². The molecule has 33 heavy (non-hydrogen) atoms. The number of piperazine rings is 1. The third kappa shape index (κ3) is 4.32. The van der Waals surface area contributed by atoms with Crippen molar-refractivity contribution in [2.24, 2.45) is 0 Å². The summed E-state index contributed by atoms with van der Waals surface area (Å²) in [6.45, 7) is 4.11. The Morgan fingerprint density at radius 1 is 0.879 bits per heavy atom. The van der Waals surface area contributed by atoms with E-state index in [0.29, 0.717) is 49.1 Å². The molecule has 0 aliphatic carbocycles. The van der Waals surface area contributed by atoms with Crippen molar-refractivity contribution < 1.29 is 17.9 Å². The van der Waals surface area contributed by atoms with Crippen molar-refractivity contribution in [3.05, 3.63) is 42.0 Å². The standard InChI is InChI=1S/C24H30N4O4S/c1-26-12-14-27(15-13-26)20-17-22-18(24(29)25-19-8-4-5-9-21(19)32-22)16-23(20)33(30,31)28-10-6-2-3-7-11-28/h4-5,8-9,16-17H,2-3,6-7,10-15H2,1H3,(H,25,29). The second-order valence-electron chi connectivity index (χ2n) is 8.98. The van der Waals surface area contributed by atoms with Gasteiger partial charge in [-0.25, -0.2) is 8.42 Å². The van der Waals surface area contributed by atoms with Crippen LogP contribution in [-0.2, 0) is 10.0 Å². The number of carbonyl (C=O) groups is 1. The molecule has 0 aromatic heterocycles. The van der Waals surface area contributed by atoms with Crippen LogP contribution >= 0.6 is 0 Å². The first-order valence-electron chi connectivity index (χ1n) is 11.6. The summed E-state index contributed by atoms with van der Waals surface area (Å²) in [5.74, 6) is 0.547. The zero-order chi connectivity index (χ0) is 23.0. The molecule has 0 radical (unpaired) electrons. The fourth-order valence-corrected chi connectivity index (χ4v) is 6.44. The first-order valence-corrected chi connectivity index (χ1v) is 13.1. The molecule has 1 amide bonds. The topological polar surface area (TPSA) is 82.2 Å². The Morgan fingerprint density at radius 3 is 2.30 bits per heavy atom. The molecule has 1 N–H and O–H groups in total. The van der Waals surface area contributed by atoms with Gasteiger partial charge in [-0.05, 0) is 38.1 Å². The number of ether oxygens (including phenoxy) is 1. The number of likely N-dealkylation sites (N-methyl/N-ethyl adjacent to an activating group) is 1. The van der Waals surface area contributed by atoms with Crippen molar-refractivity contribution in [2.45, 2.75) is 30.6 Å². The molecule has 9 heteroatoms. The molecule has 2 aromatic carbocycles. The van der Waals surface area contributed by atoms with E-state index >= 15 is 0 Å². The lowest BCUT2D eigenvalue weighted by Gasteiger charge is -2.36. The number of benzene rings is 2. The van der Waals surface area contributed by atoms with Crippen LogP contribution < -0.4 is 15.0 Å². The van der Waals surface area contributed by atoms with Gasteiger partial charge in [0.1, 0.15) is 10.6 Å². The maximum atomic E-state index is 13.9. The van der Waals surface area contributed by atoms with Crippen LogP contribution in [0, 0.1) is 0 Å². The summed E-state index contributed by atoms with van der Waals surface area (Å²) < 4.78 is 35.5. The zero-order valence-electron chi connectivity index (χ0n) is 18.9. The minimum absolute atomic E-state index is 0.192. The molecule has 3 aliphatic heterocycles. The highest BCUT2D eigenvalue weighted by atomic mass is 32.2. The normalized spacial score (nSPS) is 20.2. The number of rotatable bonds is 3. The third-order valence-electron chi connectivity index (χ3n) is 6.69. The number of nitrogens with zero attached hydrogens (tertiary/aromatic N) is 3. The van der Waals surface area contributed by atoms with E-state index in [1.807, 2.05) is 12.1 Å². The number of fused-ring (bicyclic) bond motifs is 2. The van der Waals surface area contributed by atoms with E-state index in [0.717, 1.165) is 38.8 Å².